The molecule has 190 valence electrons. The number of alkyl halides is 1. The van der Waals surface area contributed by atoms with E-state index in [1.54, 1.807) is 23.4 Å². The normalized spacial score (nSPS) is 22.2. The van der Waals surface area contributed by atoms with Gasteiger partial charge in [0.15, 0.2) is 5.78 Å². The molecule has 9 heteroatoms. The van der Waals surface area contributed by atoms with Crippen molar-refractivity contribution in [2.24, 2.45) is 5.92 Å². The van der Waals surface area contributed by atoms with Crippen molar-refractivity contribution < 1.29 is 18.8 Å². The number of aromatic nitrogens is 2. The van der Waals surface area contributed by atoms with Gasteiger partial charge in [-0.15, -0.1) is 0 Å². The number of amides is 2. The number of rotatable bonds is 6. The van der Waals surface area contributed by atoms with Crippen LogP contribution >= 0.6 is 0 Å². The van der Waals surface area contributed by atoms with Gasteiger partial charge in [0.05, 0.1) is 11.4 Å². The van der Waals surface area contributed by atoms with Crippen molar-refractivity contribution in [1.82, 2.24) is 20.2 Å². The molecule has 8 nitrogen and oxygen atoms in total. The molecule has 36 heavy (non-hydrogen) atoms. The summed E-state index contributed by atoms with van der Waals surface area (Å²) in [6.45, 7) is 9.10. The number of carbonyl (C=O) groups is 3. The summed E-state index contributed by atoms with van der Waals surface area (Å²) in [7, 11) is 0. The van der Waals surface area contributed by atoms with Gasteiger partial charge in [-0.3, -0.25) is 14.4 Å². The van der Waals surface area contributed by atoms with E-state index in [4.69, 9.17) is 0 Å². The summed E-state index contributed by atoms with van der Waals surface area (Å²) in [5.41, 5.74) is 3.15. The number of hydrogen-bond donors (Lipinski definition) is 2. The number of ketones is 1. The number of nitrogens with one attached hydrogen (secondary N) is 2. The van der Waals surface area contributed by atoms with E-state index in [0.29, 0.717) is 41.7 Å². The van der Waals surface area contributed by atoms with Gasteiger partial charge >= 0.3 is 0 Å². The van der Waals surface area contributed by atoms with Crippen LogP contribution in [0.5, 0.6) is 0 Å². The number of carbonyl (C=O) groups excluding carboxylic acids is 3. The Morgan fingerprint density at radius 2 is 1.94 bits per heavy atom. The van der Waals surface area contributed by atoms with E-state index < -0.39 is 18.0 Å². The Balaban J connectivity index is 0.00000148. The van der Waals surface area contributed by atoms with Crippen LogP contribution in [0.2, 0.25) is 0 Å². The summed E-state index contributed by atoms with van der Waals surface area (Å²) in [5, 5.41) is 6.47. The van der Waals surface area contributed by atoms with Crippen LogP contribution in [0.1, 0.15) is 63.0 Å². The molecule has 2 fully saturated rings. The topological polar surface area (TPSA) is 104 Å². The van der Waals surface area contributed by atoms with Gasteiger partial charge in [0.25, 0.3) is 5.91 Å². The Labute approximate surface area is 210 Å². The predicted molar refractivity (Wildman–Crippen MR) is 137 cm³/mol. The van der Waals surface area contributed by atoms with Crippen LogP contribution < -0.4 is 10.6 Å². The lowest BCUT2D eigenvalue weighted by Gasteiger charge is -2.31. The second kappa shape index (κ2) is 10.6. The molecular formula is C27H32FN5O3. The minimum atomic E-state index is -1.09. The second-order valence-corrected chi connectivity index (χ2v) is 9.01. The van der Waals surface area contributed by atoms with Crippen molar-refractivity contribution in [2.75, 3.05) is 18.4 Å². The van der Waals surface area contributed by atoms with Crippen molar-refractivity contribution in [3.05, 3.63) is 47.4 Å². The van der Waals surface area contributed by atoms with Crippen LogP contribution in [0.25, 0.3) is 16.5 Å². The molecule has 2 N–H and O–H groups in total. The van der Waals surface area contributed by atoms with E-state index in [-0.39, 0.29) is 30.0 Å². The monoisotopic (exact) mass is 493 g/mol. The highest BCUT2D eigenvalue weighted by atomic mass is 19.1. The first kappa shape index (κ1) is 25.5. The lowest BCUT2D eigenvalue weighted by atomic mass is 9.92. The van der Waals surface area contributed by atoms with Gasteiger partial charge in [-0.1, -0.05) is 26.8 Å². The minimum absolute atomic E-state index is 0.0900. The molecule has 2 aromatic rings. The predicted octanol–water partition coefficient (Wildman–Crippen LogP) is 4.04. The first-order chi connectivity index (χ1) is 17.4. The fourth-order valence-electron chi connectivity index (χ4n) is 4.20. The lowest BCUT2D eigenvalue weighted by Crippen LogP contribution is -2.42. The molecule has 3 unspecified atom stereocenters. The third-order valence-corrected chi connectivity index (χ3v) is 6.58. The highest BCUT2D eigenvalue weighted by molar-refractivity contribution is 6.03. The van der Waals surface area contributed by atoms with E-state index >= 15 is 0 Å². The zero-order valence-corrected chi connectivity index (χ0v) is 21.1. The Hall–Kier alpha value is -3.62. The quantitative estimate of drug-likeness (QED) is 0.630. The molecule has 1 aliphatic carbocycles. The van der Waals surface area contributed by atoms with Crippen molar-refractivity contribution >= 4 is 39.9 Å². The van der Waals surface area contributed by atoms with Crippen molar-refractivity contribution in [1.29, 1.82) is 0 Å². The lowest BCUT2D eigenvalue weighted by molar-refractivity contribution is -0.119. The fourth-order valence-corrected chi connectivity index (χ4v) is 4.20. The fraction of sp³-hybridized carbons (Fsp3) is 0.444. The van der Waals surface area contributed by atoms with Gasteiger partial charge in [0, 0.05) is 54.5 Å². The summed E-state index contributed by atoms with van der Waals surface area (Å²) in [5.74, 6) is -0.824. The summed E-state index contributed by atoms with van der Waals surface area (Å²) in [4.78, 5) is 48.2. The number of nitrogens with zero attached hydrogens (tertiary/aromatic N) is 3. The van der Waals surface area contributed by atoms with Crippen LogP contribution in [0, 0.1) is 5.92 Å². The largest absolute Gasteiger partial charge is 0.378 e. The van der Waals surface area contributed by atoms with Crippen molar-refractivity contribution in [3.63, 3.8) is 0 Å². The standard InChI is InChI=1S/C25H26FN5O3.C2H6/c1-3-21(32)20-7-13(2)17(12-27-20)15-8-14-11-28-22(30-24(33)16-9-18(16)26)10-19(14)29-23(15)25(34)31-5-4-6-31;1-2/h7-8,10-12,16,18,20,27H,3-6,9H2,1-2H3,(H,28,30,33);1-2H3. The van der Waals surface area contributed by atoms with E-state index in [1.165, 1.54) is 0 Å². The van der Waals surface area contributed by atoms with Gasteiger partial charge in [-0.25, -0.2) is 14.4 Å². The molecule has 1 saturated heterocycles. The molecule has 2 amide bonds. The summed E-state index contributed by atoms with van der Waals surface area (Å²) in [6.07, 6.45) is 5.75. The Kier molecular flexibility index (Phi) is 7.47. The number of dihydropyridines is 1. The van der Waals surface area contributed by atoms with Gasteiger partial charge < -0.3 is 15.5 Å². The number of pyridine rings is 2. The van der Waals surface area contributed by atoms with Gasteiger partial charge in [-0.2, -0.15) is 0 Å². The molecule has 0 aromatic carbocycles. The van der Waals surface area contributed by atoms with Gasteiger partial charge in [0.2, 0.25) is 5.91 Å². The summed E-state index contributed by atoms with van der Waals surface area (Å²) < 4.78 is 13.2. The van der Waals surface area contributed by atoms with Crippen LogP contribution in [-0.4, -0.2) is 57.8 Å². The number of fused-ring (bicyclic) bond motifs is 1. The van der Waals surface area contributed by atoms with Crippen LogP contribution in [0.4, 0.5) is 10.2 Å². The highest BCUT2D eigenvalue weighted by Crippen LogP contribution is 2.35. The molecule has 0 spiro atoms. The number of Topliss-reactive ketones (excluding diaryl/α,β-unsaturated/α-hetero) is 1. The van der Waals surface area contributed by atoms with Crippen molar-refractivity contribution in [2.45, 2.75) is 59.2 Å². The smallest absolute Gasteiger partial charge is 0.273 e. The molecule has 0 radical (unpaired) electrons. The zero-order valence-electron chi connectivity index (χ0n) is 21.1. The molecule has 3 atom stereocenters. The molecule has 5 rings (SSSR count). The zero-order chi connectivity index (χ0) is 26.0. The summed E-state index contributed by atoms with van der Waals surface area (Å²) >= 11 is 0. The van der Waals surface area contributed by atoms with E-state index in [0.717, 1.165) is 17.6 Å². The Morgan fingerprint density at radius 3 is 2.53 bits per heavy atom. The maximum Gasteiger partial charge on any atom is 0.273 e. The number of hydrogen-bond acceptors (Lipinski definition) is 6. The van der Waals surface area contributed by atoms with Crippen molar-refractivity contribution in [3.8, 4) is 0 Å². The van der Waals surface area contributed by atoms with E-state index in [2.05, 4.69) is 20.6 Å². The number of allylic oxidation sites excluding steroid dienone is 2. The third kappa shape index (κ3) is 5.01. The number of anilines is 1. The molecule has 3 aliphatic rings. The van der Waals surface area contributed by atoms with Gasteiger partial charge in [0.1, 0.15) is 23.7 Å². The van der Waals surface area contributed by atoms with Crippen LogP contribution in [0.3, 0.4) is 0 Å². The van der Waals surface area contributed by atoms with E-state index in [1.807, 2.05) is 39.8 Å². The molecule has 2 aliphatic heterocycles. The van der Waals surface area contributed by atoms with Gasteiger partial charge in [-0.05, 0) is 31.4 Å². The summed E-state index contributed by atoms with van der Waals surface area (Å²) in [6, 6.07) is 3.07. The maximum absolute atomic E-state index is 13.3. The third-order valence-electron chi connectivity index (χ3n) is 6.58. The van der Waals surface area contributed by atoms with Crippen LogP contribution in [-0.2, 0) is 9.59 Å². The average molecular weight is 494 g/mol. The SMILES string of the molecule is CC.CCC(=O)C1C=C(C)C(c2cc3cnc(NC(=O)C4CC4F)cc3nc2C(=O)N2CCC2)=CN1. The molecule has 0 bridgehead atoms. The Morgan fingerprint density at radius 1 is 1.22 bits per heavy atom. The first-order valence-corrected chi connectivity index (χ1v) is 12.6. The second-order valence-electron chi connectivity index (χ2n) is 9.01. The average Bonchev–Trinajstić information content (AvgIpc) is 3.59. The molecule has 1 saturated carbocycles. The van der Waals surface area contributed by atoms with Crippen LogP contribution in [0.15, 0.2) is 36.2 Å². The molecule has 4 heterocycles. The highest BCUT2D eigenvalue weighted by Gasteiger charge is 2.43. The maximum atomic E-state index is 13.3. The minimum Gasteiger partial charge on any atom is -0.378 e. The number of likely N-dealkylation sites (tertiary alicyclic amines) is 1. The molecule has 2 aromatic heterocycles. The van der Waals surface area contributed by atoms with E-state index in [9.17, 15) is 18.8 Å². The Bertz CT molecular complexity index is 1270. The molecular weight excluding hydrogens is 461 g/mol. The first-order valence-electron chi connectivity index (χ1n) is 12.6. The number of halogens is 1.